The molecule has 0 radical (unpaired) electrons. The van der Waals surface area contributed by atoms with Crippen LogP contribution in [0.4, 0.5) is 5.13 Å². The van der Waals surface area contributed by atoms with Crippen LogP contribution in [0, 0.1) is 0 Å². The number of aromatic nitrogens is 1. The van der Waals surface area contributed by atoms with Crippen molar-refractivity contribution in [3.63, 3.8) is 0 Å². The average molecular weight is 534 g/mol. The van der Waals surface area contributed by atoms with Crippen molar-refractivity contribution in [1.82, 2.24) is 9.88 Å². The number of likely N-dealkylation sites (N-methyl/N-ethyl adjacent to an activating group) is 1. The molecule has 0 N–H and O–H groups in total. The number of hydrogen-bond donors (Lipinski definition) is 0. The first-order valence-corrected chi connectivity index (χ1v) is 14.7. The van der Waals surface area contributed by atoms with E-state index < -0.39 is 9.84 Å². The summed E-state index contributed by atoms with van der Waals surface area (Å²) in [5.74, 6) is 1.04. The molecule has 2 aromatic carbocycles. The first-order chi connectivity index (χ1) is 17.3. The molecule has 1 heterocycles. The van der Waals surface area contributed by atoms with E-state index >= 15 is 0 Å². The molecule has 0 saturated carbocycles. The summed E-state index contributed by atoms with van der Waals surface area (Å²) in [6.45, 7) is 9.58. The van der Waals surface area contributed by atoms with E-state index in [2.05, 4.69) is 18.7 Å². The van der Waals surface area contributed by atoms with E-state index in [1.165, 1.54) is 30.6 Å². The smallest absolute Gasteiger partial charge is 0.228 e. The zero-order chi connectivity index (χ0) is 26.1. The highest BCUT2D eigenvalue weighted by Crippen LogP contribution is 2.34. The molecule has 3 rings (SSSR count). The Labute approximate surface area is 217 Å². The van der Waals surface area contributed by atoms with Gasteiger partial charge in [-0.05, 0) is 62.8 Å². The number of rotatable bonds is 14. The van der Waals surface area contributed by atoms with Crippen LogP contribution in [0.3, 0.4) is 0 Å². The van der Waals surface area contributed by atoms with Crippen LogP contribution in [0.2, 0.25) is 0 Å². The Hall–Kier alpha value is -2.69. The van der Waals surface area contributed by atoms with Crippen molar-refractivity contribution in [3.8, 4) is 11.5 Å². The first kappa shape index (κ1) is 27.9. The lowest BCUT2D eigenvalue weighted by Gasteiger charge is -2.24. The fourth-order valence-electron chi connectivity index (χ4n) is 3.86. The van der Waals surface area contributed by atoms with E-state index in [9.17, 15) is 13.2 Å². The predicted octanol–water partition coefficient (Wildman–Crippen LogP) is 4.63. The monoisotopic (exact) mass is 533 g/mol. The van der Waals surface area contributed by atoms with Gasteiger partial charge in [-0.1, -0.05) is 31.3 Å². The summed E-state index contributed by atoms with van der Waals surface area (Å²) in [4.78, 5) is 22.3. The summed E-state index contributed by atoms with van der Waals surface area (Å²) in [7, 11) is -1.97. The number of benzene rings is 2. The Kier molecular flexibility index (Phi) is 10.1. The maximum absolute atomic E-state index is 13.4. The number of sulfone groups is 1. The molecule has 0 atom stereocenters. The van der Waals surface area contributed by atoms with E-state index in [1.54, 1.807) is 17.0 Å². The summed E-state index contributed by atoms with van der Waals surface area (Å²) < 4.78 is 37.3. The number of thiazole rings is 1. The molecule has 0 unspecified atom stereocenters. The van der Waals surface area contributed by atoms with Gasteiger partial charge in [0.05, 0.1) is 29.1 Å². The van der Waals surface area contributed by atoms with E-state index in [4.69, 9.17) is 14.5 Å². The highest BCUT2D eigenvalue weighted by Gasteiger charge is 2.23. The third-order valence-corrected chi connectivity index (χ3v) is 8.82. The molecule has 10 heteroatoms. The number of methoxy groups -OCH3 is 1. The van der Waals surface area contributed by atoms with E-state index in [0.717, 1.165) is 23.3 Å². The third kappa shape index (κ3) is 6.96. The van der Waals surface area contributed by atoms with Crippen LogP contribution < -0.4 is 14.4 Å². The second-order valence-electron chi connectivity index (χ2n) is 8.20. The quantitative estimate of drug-likeness (QED) is 0.298. The van der Waals surface area contributed by atoms with Crippen molar-refractivity contribution in [2.45, 2.75) is 38.5 Å². The molecule has 0 bridgehead atoms. The molecule has 196 valence electrons. The maximum atomic E-state index is 13.4. The van der Waals surface area contributed by atoms with Gasteiger partial charge < -0.3 is 14.4 Å². The zero-order valence-corrected chi connectivity index (χ0v) is 23.0. The number of ether oxygens (including phenoxy) is 2. The molecule has 1 amide bonds. The van der Waals surface area contributed by atoms with Crippen molar-refractivity contribution >= 4 is 42.4 Å². The lowest BCUT2D eigenvalue weighted by atomic mass is 10.3. The topological polar surface area (TPSA) is 89.0 Å². The standard InChI is InChI=1S/C26H35N3O5S2/c1-5-28(6-2)17-18-29(26-27-25-22(34-7-3)10-8-11-23(25)35-26)24(30)12-9-19-36(31,32)21-15-13-20(33-4)14-16-21/h8,10-11,13-16H,5-7,9,12,17-19H2,1-4H3. The van der Waals surface area contributed by atoms with Gasteiger partial charge in [-0.3, -0.25) is 9.69 Å². The Bertz CT molecular complexity index is 1240. The molecule has 36 heavy (non-hydrogen) atoms. The van der Waals surface area contributed by atoms with Gasteiger partial charge in [0.15, 0.2) is 15.0 Å². The van der Waals surface area contributed by atoms with Crippen molar-refractivity contribution in [3.05, 3.63) is 42.5 Å². The molecule has 3 aromatic rings. The molecule has 1 aromatic heterocycles. The van der Waals surface area contributed by atoms with Gasteiger partial charge >= 0.3 is 0 Å². The van der Waals surface area contributed by atoms with Crippen molar-refractivity contribution in [2.75, 3.05) is 50.5 Å². The van der Waals surface area contributed by atoms with Crippen LogP contribution in [-0.4, -0.2) is 69.9 Å². The summed E-state index contributed by atoms with van der Waals surface area (Å²) in [5, 5.41) is 0.604. The summed E-state index contributed by atoms with van der Waals surface area (Å²) >= 11 is 1.45. The lowest BCUT2D eigenvalue weighted by molar-refractivity contribution is -0.118. The largest absolute Gasteiger partial charge is 0.497 e. The Morgan fingerprint density at radius 2 is 1.75 bits per heavy atom. The van der Waals surface area contributed by atoms with Crippen LogP contribution in [-0.2, 0) is 14.6 Å². The minimum Gasteiger partial charge on any atom is -0.497 e. The second kappa shape index (κ2) is 13.0. The zero-order valence-electron chi connectivity index (χ0n) is 21.4. The number of hydrogen-bond acceptors (Lipinski definition) is 8. The third-order valence-electron chi connectivity index (χ3n) is 5.96. The van der Waals surface area contributed by atoms with Crippen LogP contribution in [0.5, 0.6) is 11.5 Å². The number of fused-ring (bicyclic) bond motifs is 1. The fraction of sp³-hybridized carbons (Fsp3) is 0.462. The molecular formula is C26H35N3O5S2. The summed E-state index contributed by atoms with van der Waals surface area (Å²) in [6, 6.07) is 12.1. The van der Waals surface area contributed by atoms with Crippen LogP contribution >= 0.6 is 11.3 Å². The van der Waals surface area contributed by atoms with Crippen molar-refractivity contribution in [1.29, 1.82) is 0 Å². The molecule has 0 spiro atoms. The van der Waals surface area contributed by atoms with E-state index in [0.29, 0.717) is 36.3 Å². The normalized spacial score (nSPS) is 11.7. The van der Waals surface area contributed by atoms with Crippen molar-refractivity contribution < 1.29 is 22.7 Å². The highest BCUT2D eigenvalue weighted by molar-refractivity contribution is 7.91. The average Bonchev–Trinajstić information content (AvgIpc) is 3.31. The van der Waals surface area contributed by atoms with Crippen molar-refractivity contribution in [2.24, 2.45) is 0 Å². The highest BCUT2D eigenvalue weighted by atomic mass is 32.2. The Morgan fingerprint density at radius 3 is 2.39 bits per heavy atom. The van der Waals surface area contributed by atoms with Gasteiger partial charge in [0, 0.05) is 19.5 Å². The van der Waals surface area contributed by atoms with E-state index in [-0.39, 0.29) is 29.4 Å². The van der Waals surface area contributed by atoms with Gasteiger partial charge in [0.2, 0.25) is 5.91 Å². The molecule has 0 aliphatic heterocycles. The summed E-state index contributed by atoms with van der Waals surface area (Å²) in [5.41, 5.74) is 0.738. The Morgan fingerprint density at radius 1 is 1.03 bits per heavy atom. The number of carbonyl (C=O) groups excluding carboxylic acids is 1. The van der Waals surface area contributed by atoms with Gasteiger partial charge in [-0.25, -0.2) is 13.4 Å². The lowest BCUT2D eigenvalue weighted by Crippen LogP contribution is -2.38. The first-order valence-electron chi connectivity index (χ1n) is 12.2. The number of carbonyl (C=O) groups is 1. The molecule has 0 aliphatic carbocycles. The number of anilines is 1. The predicted molar refractivity (Wildman–Crippen MR) is 145 cm³/mol. The number of para-hydroxylation sites is 1. The van der Waals surface area contributed by atoms with E-state index in [1.807, 2.05) is 25.1 Å². The van der Waals surface area contributed by atoms with Gasteiger partial charge in [-0.15, -0.1) is 0 Å². The van der Waals surface area contributed by atoms with Gasteiger partial charge in [-0.2, -0.15) is 0 Å². The molecule has 0 aliphatic rings. The van der Waals surface area contributed by atoms with Crippen LogP contribution in [0.1, 0.15) is 33.6 Å². The minimum atomic E-state index is -3.50. The summed E-state index contributed by atoms with van der Waals surface area (Å²) in [6.07, 6.45) is 0.339. The SMILES string of the molecule is CCOc1cccc2sc(N(CCN(CC)CC)C(=O)CCCS(=O)(=O)c3ccc(OC)cc3)nc12. The molecule has 0 fully saturated rings. The second-order valence-corrected chi connectivity index (χ2v) is 11.3. The van der Waals surface area contributed by atoms with Crippen LogP contribution in [0.15, 0.2) is 47.4 Å². The fourth-order valence-corrected chi connectivity index (χ4v) is 6.19. The maximum Gasteiger partial charge on any atom is 0.228 e. The van der Waals surface area contributed by atoms with Gasteiger partial charge in [0.1, 0.15) is 17.0 Å². The number of nitrogens with zero attached hydrogens (tertiary/aromatic N) is 3. The van der Waals surface area contributed by atoms with Gasteiger partial charge in [0.25, 0.3) is 0 Å². The molecule has 0 saturated heterocycles. The Balaban J connectivity index is 1.76. The molecule has 8 nitrogen and oxygen atoms in total. The van der Waals surface area contributed by atoms with Crippen LogP contribution in [0.25, 0.3) is 10.2 Å². The number of amides is 1. The minimum absolute atomic E-state index is 0.108. The molecular weight excluding hydrogens is 498 g/mol.